The van der Waals surface area contributed by atoms with Crippen LogP contribution in [0.25, 0.3) is 0 Å². The minimum absolute atomic E-state index is 0. The largest absolute Gasteiger partial charge is 4.00 e. The molecule has 16 valence electrons. The zero-order valence-electron chi connectivity index (χ0n) is 1.76. The minimum Gasteiger partial charge on any atom is -1.00 e. The summed E-state index contributed by atoms with van der Waals surface area (Å²) in [6, 6.07) is 0. The van der Waals surface area contributed by atoms with E-state index in [0.29, 0.717) is 0 Å². The third-order valence-electron chi connectivity index (χ3n) is 0. The monoisotopic (exact) mass is 218 g/mol. The first-order valence-corrected chi connectivity index (χ1v) is 0. The quantitative estimate of drug-likeness (QED) is 0.381. The van der Waals surface area contributed by atoms with E-state index in [-0.39, 0.29) is 61.8 Å². The maximum absolute atomic E-state index is 0. The second kappa shape index (κ2) is 23.0. The van der Waals surface area contributed by atoms with Gasteiger partial charge in [0.15, 0.2) is 0 Å². The van der Waals surface area contributed by atoms with Crippen molar-refractivity contribution in [3.63, 3.8) is 0 Å². The Hall–Kier alpha value is 1.63. The van der Waals surface area contributed by atoms with Crippen LogP contribution < -0.4 is 9.41 Å². The van der Waals surface area contributed by atoms with Crippen LogP contribution in [0.2, 0.25) is 0 Å². The van der Waals surface area contributed by atoms with Crippen LogP contribution in [-0.4, -0.2) is 0 Å². The summed E-state index contributed by atoms with van der Waals surface area (Å²) in [5.74, 6) is 0. The van der Waals surface area contributed by atoms with Gasteiger partial charge in [-0.2, -0.15) is 0 Å². The molecule has 0 heterocycles. The van der Waals surface area contributed by atoms with Gasteiger partial charge in [-0.1, -0.05) is 0 Å². The Morgan fingerprint density at radius 2 is 0.500 bits per heavy atom. The summed E-state index contributed by atoms with van der Waals surface area (Å²) in [6.45, 7) is 0. The fourth-order valence-corrected chi connectivity index (χ4v) is 0. The van der Waals surface area contributed by atoms with Crippen LogP contribution in [0.4, 0.5) is 0 Å². The van der Waals surface area contributed by atoms with Gasteiger partial charge in [-0.3, -0.25) is 0 Å². The van der Waals surface area contributed by atoms with Crippen molar-refractivity contribution in [1.82, 2.24) is 0 Å². The van der Waals surface area contributed by atoms with Gasteiger partial charge in [-0.05, 0) is 0 Å². The summed E-state index contributed by atoms with van der Waals surface area (Å²) >= 11 is 0. The van der Waals surface area contributed by atoms with Gasteiger partial charge in [0.25, 0.3) is 0 Å². The van der Waals surface area contributed by atoms with Gasteiger partial charge in [0.05, 0.1) is 0 Å². The van der Waals surface area contributed by atoms with Gasteiger partial charge in [0.2, 0.25) is 0 Å². The molecule has 0 spiro atoms. The maximum atomic E-state index is 0. The van der Waals surface area contributed by atoms with Crippen LogP contribution >= 0.6 is 0 Å². The Morgan fingerprint density at radius 1 is 0.500 bits per heavy atom. The average Bonchev–Trinajstić information content (AvgIpc) is 0. The Kier molecular flexibility index (Phi) is 262. The van der Waals surface area contributed by atoms with E-state index < -0.39 is 0 Å². The van der Waals surface area contributed by atoms with Crippen LogP contribution in [0, 0.1) is 0 Å². The average molecular weight is 220 g/mol. The third kappa shape index (κ3) is 9.46. The predicted octanol–water partition coefficient (Wildman–Crippen LogP) is -6.00. The molecule has 0 amide bonds. The summed E-state index contributed by atoms with van der Waals surface area (Å²) in [5.41, 5.74) is 0. The Morgan fingerprint density at radius 3 is 0.500 bits per heavy atom. The molecule has 0 saturated carbocycles. The number of rotatable bonds is 0. The summed E-state index contributed by atoms with van der Waals surface area (Å²) in [7, 11) is 0. The minimum atomic E-state index is 0. The van der Waals surface area contributed by atoms with Crippen molar-refractivity contribution < 1.29 is 61.8 Å². The molecule has 0 rings (SSSR count). The van der Waals surface area contributed by atoms with E-state index in [1.807, 2.05) is 0 Å². The molecule has 0 aliphatic rings. The van der Waals surface area contributed by atoms with Crippen LogP contribution in [0.3, 0.4) is 0 Å². The molecular weight excluding hydrogens is 220 g/mol. The summed E-state index contributed by atoms with van der Waals surface area (Å²) in [4.78, 5) is 0. The first-order valence-electron chi connectivity index (χ1n) is 0. The molecule has 0 nitrogen and oxygen atoms in total. The molecule has 0 saturated heterocycles. The topological polar surface area (TPSA) is 0 Å². The Balaban J connectivity index is 0. The second-order valence-corrected chi connectivity index (χ2v) is 0. The zero-order valence-corrected chi connectivity index (χ0v) is 6.67. The van der Waals surface area contributed by atoms with E-state index in [0.717, 1.165) is 0 Å². The van der Waals surface area contributed by atoms with Crippen LogP contribution in [0.1, 0.15) is 0 Å². The van der Waals surface area contributed by atoms with Crippen molar-refractivity contribution >= 4 is 0 Å². The SMILES string of the molecule is [F-].[F-].[Zr+4].[Zr+4]. The predicted molar refractivity (Wildman–Crippen MR) is 0 cm³/mol. The van der Waals surface area contributed by atoms with Crippen LogP contribution in [-0.2, 0) is 52.4 Å². The fraction of sp³-hybridized carbons (Fsp3) is 0. The van der Waals surface area contributed by atoms with Crippen molar-refractivity contribution in [3.05, 3.63) is 0 Å². The number of hydrogen-bond acceptors (Lipinski definition) is 0. The first kappa shape index (κ1) is 45.5. The van der Waals surface area contributed by atoms with E-state index in [4.69, 9.17) is 0 Å². The summed E-state index contributed by atoms with van der Waals surface area (Å²) in [5, 5.41) is 0. The van der Waals surface area contributed by atoms with E-state index in [1.54, 1.807) is 0 Å². The molecule has 4 heteroatoms. The molecule has 0 radical (unpaired) electrons. The second-order valence-electron chi connectivity index (χ2n) is 0. The Labute approximate surface area is 61.3 Å². The van der Waals surface area contributed by atoms with E-state index in [1.165, 1.54) is 0 Å². The molecule has 0 aliphatic carbocycles. The van der Waals surface area contributed by atoms with Crippen molar-refractivity contribution in [2.75, 3.05) is 0 Å². The standard InChI is InChI=1S/2FH.2Zr/h2*1H;;/q;;2*+4/p-2. The van der Waals surface area contributed by atoms with Crippen molar-refractivity contribution in [2.45, 2.75) is 0 Å². The maximum Gasteiger partial charge on any atom is 4.00 e. The summed E-state index contributed by atoms with van der Waals surface area (Å²) < 4.78 is 0. The van der Waals surface area contributed by atoms with Gasteiger partial charge in [0.1, 0.15) is 0 Å². The molecule has 0 unspecified atom stereocenters. The normalized spacial score (nSPS) is 0. The van der Waals surface area contributed by atoms with Crippen LogP contribution in [0.5, 0.6) is 0 Å². The Bertz CT molecular complexity index is 4.00. The molecular formula is F2Zr2+6. The van der Waals surface area contributed by atoms with Gasteiger partial charge < -0.3 is 9.41 Å². The molecule has 0 atom stereocenters. The molecule has 4 heavy (non-hydrogen) atoms. The van der Waals surface area contributed by atoms with Crippen molar-refractivity contribution in [3.8, 4) is 0 Å². The van der Waals surface area contributed by atoms with E-state index in [9.17, 15) is 0 Å². The third-order valence-corrected chi connectivity index (χ3v) is 0. The molecule has 0 aliphatic heterocycles. The summed E-state index contributed by atoms with van der Waals surface area (Å²) in [6.07, 6.45) is 0. The first-order chi connectivity index (χ1) is 0. The van der Waals surface area contributed by atoms with Gasteiger partial charge in [-0.15, -0.1) is 0 Å². The number of halogens is 2. The molecule has 0 aromatic heterocycles. The van der Waals surface area contributed by atoms with E-state index >= 15 is 0 Å². The number of hydrogen-bond donors (Lipinski definition) is 0. The van der Waals surface area contributed by atoms with Gasteiger partial charge in [0, 0.05) is 0 Å². The molecule has 0 aromatic carbocycles. The van der Waals surface area contributed by atoms with E-state index in [2.05, 4.69) is 0 Å². The van der Waals surface area contributed by atoms with Crippen molar-refractivity contribution in [1.29, 1.82) is 0 Å². The molecule has 0 bridgehead atoms. The van der Waals surface area contributed by atoms with Crippen LogP contribution in [0.15, 0.2) is 0 Å². The molecule has 0 fully saturated rings. The zero-order chi connectivity index (χ0) is 0. The smallest absolute Gasteiger partial charge is 1.00 e. The van der Waals surface area contributed by atoms with Gasteiger partial charge in [-0.25, -0.2) is 0 Å². The molecule has 0 N–H and O–H groups in total. The van der Waals surface area contributed by atoms with Gasteiger partial charge >= 0.3 is 52.4 Å². The molecule has 0 aromatic rings. The fourth-order valence-electron chi connectivity index (χ4n) is 0. The van der Waals surface area contributed by atoms with Crippen molar-refractivity contribution in [2.24, 2.45) is 0 Å².